The molecular formula is C12H28N4O3. The second kappa shape index (κ2) is 10.5. The standard InChI is InChI=1S/C12H28N4O3/c17-8-1-13-12(14-2-9-18)11-16-5-3-15(4-6-16)7-10-19/h12-14,17-19H,1-11H2. The van der Waals surface area contributed by atoms with Crippen molar-refractivity contribution in [3.63, 3.8) is 0 Å². The number of hydrogen-bond donors (Lipinski definition) is 5. The monoisotopic (exact) mass is 276 g/mol. The number of nitrogens with zero attached hydrogens (tertiary/aromatic N) is 2. The highest BCUT2D eigenvalue weighted by Gasteiger charge is 2.19. The van der Waals surface area contributed by atoms with Crippen molar-refractivity contribution in [3.05, 3.63) is 0 Å². The maximum atomic E-state index is 8.90. The largest absolute Gasteiger partial charge is 0.395 e. The van der Waals surface area contributed by atoms with Crippen LogP contribution in [-0.4, -0.2) is 103 Å². The minimum atomic E-state index is 0.0868. The van der Waals surface area contributed by atoms with Gasteiger partial charge in [0.05, 0.1) is 26.0 Å². The molecule has 0 unspecified atom stereocenters. The molecule has 0 bridgehead atoms. The number of hydrogen-bond acceptors (Lipinski definition) is 7. The van der Waals surface area contributed by atoms with Crippen molar-refractivity contribution < 1.29 is 15.3 Å². The lowest BCUT2D eigenvalue weighted by atomic mass is 10.3. The quantitative estimate of drug-likeness (QED) is 0.273. The third-order valence-electron chi connectivity index (χ3n) is 3.33. The van der Waals surface area contributed by atoms with Gasteiger partial charge in [0.15, 0.2) is 0 Å². The lowest BCUT2D eigenvalue weighted by molar-refractivity contribution is 0.100. The Morgan fingerprint density at radius 3 is 1.79 bits per heavy atom. The summed E-state index contributed by atoms with van der Waals surface area (Å²) in [6.45, 7) is 7.08. The van der Waals surface area contributed by atoms with E-state index < -0.39 is 0 Å². The summed E-state index contributed by atoms with van der Waals surface area (Å²) in [6, 6.07) is 0. The van der Waals surface area contributed by atoms with Gasteiger partial charge < -0.3 is 15.3 Å². The van der Waals surface area contributed by atoms with Crippen LogP contribution in [0.3, 0.4) is 0 Å². The first kappa shape index (κ1) is 16.8. The molecule has 0 amide bonds. The van der Waals surface area contributed by atoms with Gasteiger partial charge in [-0.05, 0) is 0 Å². The van der Waals surface area contributed by atoms with Crippen molar-refractivity contribution in [2.75, 3.05) is 72.2 Å². The van der Waals surface area contributed by atoms with Gasteiger partial charge in [-0.15, -0.1) is 0 Å². The van der Waals surface area contributed by atoms with Gasteiger partial charge in [-0.1, -0.05) is 0 Å². The van der Waals surface area contributed by atoms with E-state index in [0.717, 1.165) is 39.3 Å². The Balaban J connectivity index is 2.25. The number of piperazine rings is 1. The Morgan fingerprint density at radius 2 is 1.32 bits per heavy atom. The number of aliphatic hydroxyl groups excluding tert-OH is 3. The summed E-state index contributed by atoms with van der Waals surface area (Å²) in [7, 11) is 0. The molecule has 0 aromatic heterocycles. The molecule has 1 fully saturated rings. The Hall–Kier alpha value is -0.280. The topological polar surface area (TPSA) is 91.2 Å². The van der Waals surface area contributed by atoms with Crippen LogP contribution in [0.4, 0.5) is 0 Å². The molecule has 114 valence electrons. The summed E-state index contributed by atoms with van der Waals surface area (Å²) in [5, 5.41) is 33.1. The molecule has 1 aliphatic rings. The van der Waals surface area contributed by atoms with Crippen LogP contribution in [0.15, 0.2) is 0 Å². The highest BCUT2D eigenvalue weighted by atomic mass is 16.3. The van der Waals surface area contributed by atoms with E-state index >= 15 is 0 Å². The first-order valence-corrected chi connectivity index (χ1v) is 7.04. The molecule has 0 aromatic carbocycles. The van der Waals surface area contributed by atoms with Crippen LogP contribution in [0.1, 0.15) is 0 Å². The van der Waals surface area contributed by atoms with Gasteiger partial charge in [-0.25, -0.2) is 0 Å². The van der Waals surface area contributed by atoms with Crippen molar-refractivity contribution in [2.45, 2.75) is 6.17 Å². The Morgan fingerprint density at radius 1 is 0.789 bits per heavy atom. The fourth-order valence-corrected chi connectivity index (χ4v) is 2.27. The van der Waals surface area contributed by atoms with Gasteiger partial charge in [0.25, 0.3) is 0 Å². The molecule has 1 heterocycles. The van der Waals surface area contributed by atoms with Crippen molar-refractivity contribution in [2.24, 2.45) is 0 Å². The van der Waals surface area contributed by atoms with Gasteiger partial charge >= 0.3 is 0 Å². The summed E-state index contributed by atoms with van der Waals surface area (Å²) in [6.07, 6.45) is 0.0868. The molecular weight excluding hydrogens is 248 g/mol. The molecule has 0 radical (unpaired) electrons. The highest BCUT2D eigenvalue weighted by molar-refractivity contribution is 4.76. The average molecular weight is 276 g/mol. The van der Waals surface area contributed by atoms with Crippen molar-refractivity contribution >= 4 is 0 Å². The van der Waals surface area contributed by atoms with E-state index in [4.69, 9.17) is 15.3 Å². The molecule has 0 atom stereocenters. The lowest BCUT2D eigenvalue weighted by Crippen LogP contribution is -2.55. The predicted octanol–water partition coefficient (Wildman–Crippen LogP) is -2.91. The van der Waals surface area contributed by atoms with Crippen LogP contribution in [0.2, 0.25) is 0 Å². The molecule has 7 nitrogen and oxygen atoms in total. The van der Waals surface area contributed by atoms with Crippen molar-refractivity contribution in [1.82, 2.24) is 20.4 Å². The zero-order valence-electron chi connectivity index (χ0n) is 11.6. The van der Waals surface area contributed by atoms with E-state index in [9.17, 15) is 0 Å². The summed E-state index contributed by atoms with van der Waals surface area (Å²) < 4.78 is 0. The summed E-state index contributed by atoms with van der Waals surface area (Å²) in [5.41, 5.74) is 0. The van der Waals surface area contributed by atoms with Crippen LogP contribution in [0.25, 0.3) is 0 Å². The Kier molecular flexibility index (Phi) is 9.27. The number of β-amino-alcohol motifs (C(OH)–C–C–N with tert-alkyl or cyclic N) is 1. The highest BCUT2D eigenvalue weighted by Crippen LogP contribution is 2.01. The number of aliphatic hydroxyl groups is 3. The second-order valence-electron chi connectivity index (χ2n) is 4.77. The molecule has 1 aliphatic heterocycles. The molecule has 5 N–H and O–H groups in total. The Bertz CT molecular complexity index is 205. The summed E-state index contributed by atoms with van der Waals surface area (Å²) >= 11 is 0. The molecule has 0 saturated carbocycles. The summed E-state index contributed by atoms with van der Waals surface area (Å²) in [4.78, 5) is 4.61. The SMILES string of the molecule is OCCNC(CN1CCN(CCO)CC1)NCCO. The molecule has 1 saturated heterocycles. The van der Waals surface area contributed by atoms with E-state index in [2.05, 4.69) is 20.4 Å². The third kappa shape index (κ3) is 7.17. The number of rotatable bonds is 10. The Labute approximate surface area is 115 Å². The lowest BCUT2D eigenvalue weighted by Gasteiger charge is -2.36. The molecule has 7 heteroatoms. The van der Waals surface area contributed by atoms with Gasteiger partial charge in [0.1, 0.15) is 0 Å². The molecule has 0 spiro atoms. The van der Waals surface area contributed by atoms with Gasteiger partial charge in [-0.2, -0.15) is 0 Å². The predicted molar refractivity (Wildman–Crippen MR) is 73.9 cm³/mol. The summed E-state index contributed by atoms with van der Waals surface area (Å²) in [5.74, 6) is 0. The van der Waals surface area contributed by atoms with Gasteiger partial charge in [0, 0.05) is 52.4 Å². The van der Waals surface area contributed by atoms with Crippen molar-refractivity contribution in [3.8, 4) is 0 Å². The zero-order chi connectivity index (χ0) is 13.9. The van der Waals surface area contributed by atoms with E-state index in [1.54, 1.807) is 0 Å². The maximum Gasteiger partial charge on any atom is 0.0704 e. The van der Waals surface area contributed by atoms with Crippen LogP contribution < -0.4 is 10.6 Å². The normalized spacial score (nSPS) is 18.3. The molecule has 19 heavy (non-hydrogen) atoms. The third-order valence-corrected chi connectivity index (χ3v) is 3.33. The minimum absolute atomic E-state index is 0.0868. The van der Waals surface area contributed by atoms with E-state index in [1.165, 1.54) is 0 Å². The van der Waals surface area contributed by atoms with Crippen LogP contribution in [-0.2, 0) is 0 Å². The molecule has 0 aromatic rings. The van der Waals surface area contributed by atoms with Gasteiger partial charge in [0.2, 0.25) is 0 Å². The fraction of sp³-hybridized carbons (Fsp3) is 1.00. The smallest absolute Gasteiger partial charge is 0.0704 e. The van der Waals surface area contributed by atoms with E-state index in [-0.39, 0.29) is 26.0 Å². The first-order valence-electron chi connectivity index (χ1n) is 7.04. The minimum Gasteiger partial charge on any atom is -0.395 e. The average Bonchev–Trinajstić information content (AvgIpc) is 2.44. The fourth-order valence-electron chi connectivity index (χ4n) is 2.27. The van der Waals surface area contributed by atoms with E-state index in [1.807, 2.05) is 0 Å². The molecule has 0 aliphatic carbocycles. The number of nitrogens with one attached hydrogen (secondary N) is 2. The van der Waals surface area contributed by atoms with Crippen LogP contribution in [0, 0.1) is 0 Å². The zero-order valence-corrected chi connectivity index (χ0v) is 11.6. The molecule has 1 rings (SSSR count). The van der Waals surface area contributed by atoms with Crippen LogP contribution >= 0.6 is 0 Å². The second-order valence-corrected chi connectivity index (χ2v) is 4.77. The van der Waals surface area contributed by atoms with Crippen LogP contribution in [0.5, 0.6) is 0 Å². The van der Waals surface area contributed by atoms with E-state index in [0.29, 0.717) is 13.1 Å². The van der Waals surface area contributed by atoms with Gasteiger partial charge in [-0.3, -0.25) is 20.4 Å². The maximum absolute atomic E-state index is 8.90. The van der Waals surface area contributed by atoms with Crippen molar-refractivity contribution in [1.29, 1.82) is 0 Å². The first-order chi connectivity index (χ1) is 9.30.